The van der Waals surface area contributed by atoms with Crippen molar-refractivity contribution in [3.05, 3.63) is 23.8 Å². The number of rotatable bonds is 7. The maximum Gasteiger partial charge on any atom is 0.338 e. The SMILES string of the molecule is COc1cc(OC)cc(C(=O)OCC(=O)N[C@@H](C)C2CC2)c1. The van der Waals surface area contributed by atoms with E-state index in [4.69, 9.17) is 14.2 Å². The van der Waals surface area contributed by atoms with Gasteiger partial charge in [-0.2, -0.15) is 0 Å². The Labute approximate surface area is 129 Å². The number of hydrogen-bond donors (Lipinski definition) is 1. The summed E-state index contributed by atoms with van der Waals surface area (Å²) in [6.07, 6.45) is 2.29. The Balaban J connectivity index is 1.89. The Morgan fingerprint density at radius 3 is 2.27 bits per heavy atom. The van der Waals surface area contributed by atoms with Crippen molar-refractivity contribution in [3.63, 3.8) is 0 Å². The summed E-state index contributed by atoms with van der Waals surface area (Å²) in [5, 5.41) is 2.83. The summed E-state index contributed by atoms with van der Waals surface area (Å²) in [7, 11) is 2.99. The van der Waals surface area contributed by atoms with E-state index in [-0.39, 0.29) is 24.1 Å². The van der Waals surface area contributed by atoms with Crippen LogP contribution in [0.4, 0.5) is 0 Å². The Kier molecular flexibility index (Phi) is 5.25. The van der Waals surface area contributed by atoms with E-state index >= 15 is 0 Å². The van der Waals surface area contributed by atoms with Gasteiger partial charge in [-0.25, -0.2) is 4.79 Å². The molecule has 1 N–H and O–H groups in total. The quantitative estimate of drug-likeness (QED) is 0.777. The highest BCUT2D eigenvalue weighted by atomic mass is 16.5. The van der Waals surface area contributed by atoms with Gasteiger partial charge >= 0.3 is 5.97 Å². The fourth-order valence-electron chi connectivity index (χ4n) is 2.15. The number of amides is 1. The van der Waals surface area contributed by atoms with Gasteiger partial charge in [0.1, 0.15) is 11.5 Å². The zero-order valence-corrected chi connectivity index (χ0v) is 13.0. The molecule has 1 aliphatic rings. The van der Waals surface area contributed by atoms with E-state index in [9.17, 15) is 9.59 Å². The van der Waals surface area contributed by atoms with Gasteiger partial charge in [-0.05, 0) is 37.8 Å². The van der Waals surface area contributed by atoms with Crippen molar-refractivity contribution in [1.82, 2.24) is 5.32 Å². The number of esters is 1. The first-order chi connectivity index (χ1) is 10.5. The molecular weight excluding hydrogens is 286 g/mol. The van der Waals surface area contributed by atoms with Crippen LogP contribution in [0.3, 0.4) is 0 Å². The Bertz CT molecular complexity index is 531. The van der Waals surface area contributed by atoms with Crippen molar-refractivity contribution in [3.8, 4) is 11.5 Å². The number of methoxy groups -OCH3 is 2. The number of hydrogen-bond acceptors (Lipinski definition) is 5. The highest BCUT2D eigenvalue weighted by Crippen LogP contribution is 2.32. The summed E-state index contributed by atoms with van der Waals surface area (Å²) in [6.45, 7) is 1.67. The third-order valence-electron chi connectivity index (χ3n) is 3.64. The molecule has 22 heavy (non-hydrogen) atoms. The van der Waals surface area contributed by atoms with Crippen LogP contribution in [0.1, 0.15) is 30.1 Å². The lowest BCUT2D eigenvalue weighted by Crippen LogP contribution is -2.37. The molecule has 0 saturated heterocycles. The number of ether oxygens (including phenoxy) is 3. The van der Waals surface area contributed by atoms with Crippen molar-refractivity contribution in [1.29, 1.82) is 0 Å². The molecule has 1 atom stereocenters. The zero-order chi connectivity index (χ0) is 16.1. The molecule has 6 heteroatoms. The van der Waals surface area contributed by atoms with E-state index in [2.05, 4.69) is 5.32 Å². The summed E-state index contributed by atoms with van der Waals surface area (Å²) in [6, 6.07) is 4.86. The molecule has 120 valence electrons. The highest BCUT2D eigenvalue weighted by Gasteiger charge is 2.29. The van der Waals surface area contributed by atoms with Gasteiger partial charge in [0.2, 0.25) is 0 Å². The molecule has 0 heterocycles. The van der Waals surface area contributed by atoms with Gasteiger partial charge in [-0.1, -0.05) is 0 Å². The molecule has 1 saturated carbocycles. The lowest BCUT2D eigenvalue weighted by molar-refractivity contribution is -0.124. The van der Waals surface area contributed by atoms with Gasteiger partial charge in [0.25, 0.3) is 5.91 Å². The predicted molar refractivity (Wildman–Crippen MR) is 80.2 cm³/mol. The van der Waals surface area contributed by atoms with Gasteiger partial charge in [-0.15, -0.1) is 0 Å². The minimum Gasteiger partial charge on any atom is -0.497 e. The molecule has 0 aromatic heterocycles. The molecule has 0 unspecified atom stereocenters. The number of benzene rings is 1. The van der Waals surface area contributed by atoms with Crippen LogP contribution in [-0.4, -0.2) is 38.7 Å². The minimum absolute atomic E-state index is 0.128. The Morgan fingerprint density at radius 2 is 1.77 bits per heavy atom. The van der Waals surface area contributed by atoms with Gasteiger partial charge in [-0.3, -0.25) is 4.79 Å². The Morgan fingerprint density at radius 1 is 1.18 bits per heavy atom. The molecule has 1 aromatic rings. The predicted octanol–water partition coefficient (Wildman–Crippen LogP) is 1.78. The Hall–Kier alpha value is -2.24. The molecule has 0 spiro atoms. The third kappa shape index (κ3) is 4.38. The molecule has 0 bridgehead atoms. The second-order valence-corrected chi connectivity index (χ2v) is 5.37. The first-order valence-electron chi connectivity index (χ1n) is 7.23. The monoisotopic (exact) mass is 307 g/mol. The lowest BCUT2D eigenvalue weighted by Gasteiger charge is -2.13. The zero-order valence-electron chi connectivity index (χ0n) is 13.0. The fourth-order valence-corrected chi connectivity index (χ4v) is 2.15. The number of carbonyl (C=O) groups excluding carboxylic acids is 2. The maximum atomic E-state index is 12.0. The van der Waals surface area contributed by atoms with Crippen LogP contribution in [0.15, 0.2) is 18.2 Å². The topological polar surface area (TPSA) is 73.9 Å². The van der Waals surface area contributed by atoms with Crippen LogP contribution in [0.5, 0.6) is 11.5 Å². The van der Waals surface area contributed by atoms with E-state index in [1.165, 1.54) is 26.4 Å². The summed E-state index contributed by atoms with van der Waals surface area (Å²) in [5.74, 6) is 0.646. The van der Waals surface area contributed by atoms with Crippen LogP contribution < -0.4 is 14.8 Å². The summed E-state index contributed by atoms with van der Waals surface area (Å²) >= 11 is 0. The second-order valence-electron chi connectivity index (χ2n) is 5.37. The molecule has 1 aromatic carbocycles. The van der Waals surface area contributed by atoms with Crippen molar-refractivity contribution < 1.29 is 23.8 Å². The molecule has 6 nitrogen and oxygen atoms in total. The first-order valence-corrected chi connectivity index (χ1v) is 7.23. The van der Waals surface area contributed by atoms with E-state index in [0.717, 1.165) is 12.8 Å². The highest BCUT2D eigenvalue weighted by molar-refractivity contribution is 5.92. The standard InChI is InChI=1S/C16H21NO5/c1-10(11-4-5-11)17-15(18)9-22-16(19)12-6-13(20-2)8-14(7-12)21-3/h6-8,10-11H,4-5,9H2,1-3H3,(H,17,18)/t10-/m0/s1. The van der Waals surface area contributed by atoms with Gasteiger partial charge in [0, 0.05) is 12.1 Å². The maximum absolute atomic E-state index is 12.0. The number of carbonyl (C=O) groups is 2. The van der Waals surface area contributed by atoms with Gasteiger partial charge in [0.05, 0.1) is 19.8 Å². The van der Waals surface area contributed by atoms with Crippen LogP contribution in [0.25, 0.3) is 0 Å². The number of nitrogens with one attached hydrogen (secondary N) is 1. The molecule has 0 aliphatic heterocycles. The average Bonchev–Trinajstić information content (AvgIpc) is 3.36. The summed E-state index contributed by atoms with van der Waals surface area (Å²) < 4.78 is 15.2. The van der Waals surface area contributed by atoms with E-state index in [0.29, 0.717) is 17.4 Å². The van der Waals surface area contributed by atoms with Crippen LogP contribution in [-0.2, 0) is 9.53 Å². The normalized spacial score (nSPS) is 14.9. The molecule has 2 rings (SSSR count). The average molecular weight is 307 g/mol. The molecule has 1 fully saturated rings. The fraction of sp³-hybridized carbons (Fsp3) is 0.500. The molecule has 0 radical (unpaired) electrons. The van der Waals surface area contributed by atoms with E-state index in [1.807, 2.05) is 6.92 Å². The third-order valence-corrected chi connectivity index (χ3v) is 3.64. The molecule has 1 aliphatic carbocycles. The van der Waals surface area contributed by atoms with Crippen molar-refractivity contribution in [2.45, 2.75) is 25.8 Å². The van der Waals surface area contributed by atoms with E-state index < -0.39 is 5.97 Å². The van der Waals surface area contributed by atoms with Crippen molar-refractivity contribution in [2.75, 3.05) is 20.8 Å². The molecule has 1 amide bonds. The molecular formula is C16H21NO5. The smallest absolute Gasteiger partial charge is 0.338 e. The second kappa shape index (κ2) is 7.15. The first kappa shape index (κ1) is 16.1. The van der Waals surface area contributed by atoms with Crippen molar-refractivity contribution in [2.24, 2.45) is 5.92 Å². The van der Waals surface area contributed by atoms with Gasteiger partial charge in [0.15, 0.2) is 6.61 Å². The van der Waals surface area contributed by atoms with Crippen LogP contribution >= 0.6 is 0 Å². The van der Waals surface area contributed by atoms with Gasteiger partial charge < -0.3 is 19.5 Å². The van der Waals surface area contributed by atoms with Crippen LogP contribution in [0.2, 0.25) is 0 Å². The van der Waals surface area contributed by atoms with E-state index in [1.54, 1.807) is 6.07 Å². The summed E-state index contributed by atoms with van der Waals surface area (Å²) in [5.41, 5.74) is 0.277. The minimum atomic E-state index is -0.591. The lowest BCUT2D eigenvalue weighted by atomic mass is 10.2. The summed E-state index contributed by atoms with van der Waals surface area (Å²) in [4.78, 5) is 23.7. The largest absolute Gasteiger partial charge is 0.497 e. The van der Waals surface area contributed by atoms with Crippen LogP contribution in [0, 0.1) is 5.92 Å². The van der Waals surface area contributed by atoms with Crippen molar-refractivity contribution >= 4 is 11.9 Å².